The van der Waals surface area contributed by atoms with Gasteiger partial charge in [0.25, 0.3) is 0 Å². The van der Waals surface area contributed by atoms with E-state index in [4.69, 9.17) is 9.47 Å². The van der Waals surface area contributed by atoms with E-state index in [0.29, 0.717) is 19.7 Å². The summed E-state index contributed by atoms with van der Waals surface area (Å²) in [5, 5.41) is 2.55. The molecular formula is C12H22N2O4. The van der Waals surface area contributed by atoms with Crippen LogP contribution in [0.5, 0.6) is 0 Å². The Morgan fingerprint density at radius 3 is 2.78 bits per heavy atom. The van der Waals surface area contributed by atoms with Gasteiger partial charge in [-0.05, 0) is 26.7 Å². The van der Waals surface area contributed by atoms with E-state index in [9.17, 15) is 9.59 Å². The van der Waals surface area contributed by atoms with Crippen molar-refractivity contribution < 1.29 is 19.1 Å². The van der Waals surface area contributed by atoms with Crippen molar-refractivity contribution in [2.75, 3.05) is 32.8 Å². The highest BCUT2D eigenvalue weighted by molar-refractivity contribution is 5.80. The van der Waals surface area contributed by atoms with Crippen LogP contribution in [0.25, 0.3) is 0 Å². The van der Waals surface area contributed by atoms with Crippen LogP contribution in [0.3, 0.4) is 0 Å². The first-order valence-corrected chi connectivity index (χ1v) is 6.47. The van der Waals surface area contributed by atoms with Gasteiger partial charge in [0, 0.05) is 19.7 Å². The zero-order chi connectivity index (χ0) is 13.4. The molecule has 6 nitrogen and oxygen atoms in total. The molecule has 1 aliphatic heterocycles. The molecule has 1 N–H and O–H groups in total. The quantitative estimate of drug-likeness (QED) is 0.714. The molecule has 18 heavy (non-hydrogen) atoms. The summed E-state index contributed by atoms with van der Waals surface area (Å²) in [6.45, 7) is 5.80. The number of hydrogen-bond donors (Lipinski definition) is 1. The van der Waals surface area contributed by atoms with Crippen molar-refractivity contribution in [1.82, 2.24) is 10.2 Å². The van der Waals surface area contributed by atoms with Crippen molar-refractivity contribution in [2.45, 2.75) is 32.8 Å². The zero-order valence-electron chi connectivity index (χ0n) is 11.1. The van der Waals surface area contributed by atoms with E-state index in [-0.39, 0.29) is 18.7 Å². The average molecular weight is 258 g/mol. The van der Waals surface area contributed by atoms with E-state index in [1.54, 1.807) is 11.8 Å². The second kappa shape index (κ2) is 7.92. The summed E-state index contributed by atoms with van der Waals surface area (Å²) >= 11 is 0. The minimum Gasteiger partial charge on any atom is -0.465 e. The van der Waals surface area contributed by atoms with Crippen molar-refractivity contribution >= 4 is 12.0 Å². The lowest BCUT2D eigenvalue weighted by Gasteiger charge is -2.24. The summed E-state index contributed by atoms with van der Waals surface area (Å²) in [6.07, 6.45) is 2.16. The third-order valence-electron chi connectivity index (χ3n) is 2.81. The molecule has 1 heterocycles. The number of carbonyl (C=O) groups excluding carboxylic acids is 2. The Morgan fingerprint density at radius 1 is 1.44 bits per heavy atom. The highest BCUT2D eigenvalue weighted by atomic mass is 16.5. The normalized spacial score (nSPS) is 18.4. The van der Waals surface area contributed by atoms with Crippen LogP contribution in [0.4, 0.5) is 4.79 Å². The van der Waals surface area contributed by atoms with Crippen LogP contribution in [0.1, 0.15) is 26.7 Å². The molecule has 0 aromatic heterocycles. The SMILES string of the molecule is CCOC(=O)CNC(=O)N(CC)CC1CCCO1. The predicted octanol–water partition coefficient (Wildman–Crippen LogP) is 0.760. The molecule has 1 unspecified atom stereocenters. The van der Waals surface area contributed by atoms with Crippen LogP contribution in [0.2, 0.25) is 0 Å². The standard InChI is InChI=1S/C12H22N2O4/c1-3-14(9-10-6-5-7-18-10)12(16)13-8-11(15)17-4-2/h10H,3-9H2,1-2H3,(H,13,16). The van der Waals surface area contributed by atoms with Crippen LogP contribution in [-0.2, 0) is 14.3 Å². The Kier molecular flexibility index (Phi) is 6.49. The van der Waals surface area contributed by atoms with Crippen molar-refractivity contribution in [3.63, 3.8) is 0 Å². The summed E-state index contributed by atoms with van der Waals surface area (Å²) in [5.41, 5.74) is 0. The van der Waals surface area contributed by atoms with Gasteiger partial charge in [0.05, 0.1) is 12.7 Å². The van der Waals surface area contributed by atoms with Gasteiger partial charge in [0.1, 0.15) is 6.54 Å². The van der Waals surface area contributed by atoms with Crippen LogP contribution in [-0.4, -0.2) is 55.9 Å². The zero-order valence-corrected chi connectivity index (χ0v) is 11.1. The largest absolute Gasteiger partial charge is 0.465 e. The van der Waals surface area contributed by atoms with Crippen molar-refractivity contribution in [2.24, 2.45) is 0 Å². The maximum Gasteiger partial charge on any atom is 0.325 e. The number of carbonyl (C=O) groups is 2. The van der Waals surface area contributed by atoms with Gasteiger partial charge in [0.2, 0.25) is 0 Å². The molecule has 2 amide bonds. The number of urea groups is 1. The van der Waals surface area contributed by atoms with Gasteiger partial charge in [-0.1, -0.05) is 0 Å². The number of rotatable bonds is 6. The molecule has 0 spiro atoms. The Morgan fingerprint density at radius 2 is 2.22 bits per heavy atom. The topological polar surface area (TPSA) is 67.9 Å². The molecule has 0 bridgehead atoms. The number of amides is 2. The maximum absolute atomic E-state index is 11.8. The summed E-state index contributed by atoms with van der Waals surface area (Å²) in [7, 11) is 0. The van der Waals surface area contributed by atoms with Crippen LogP contribution in [0, 0.1) is 0 Å². The number of nitrogens with zero attached hydrogens (tertiary/aromatic N) is 1. The molecule has 1 saturated heterocycles. The number of esters is 1. The summed E-state index contributed by atoms with van der Waals surface area (Å²) in [4.78, 5) is 24.6. The molecule has 0 aromatic carbocycles. The van der Waals surface area contributed by atoms with Gasteiger partial charge >= 0.3 is 12.0 Å². The van der Waals surface area contributed by atoms with Crippen molar-refractivity contribution in [1.29, 1.82) is 0 Å². The van der Waals surface area contributed by atoms with Crippen molar-refractivity contribution in [3.8, 4) is 0 Å². The fourth-order valence-corrected chi connectivity index (χ4v) is 1.86. The highest BCUT2D eigenvalue weighted by Crippen LogP contribution is 2.13. The smallest absolute Gasteiger partial charge is 0.325 e. The Labute approximate surface area is 108 Å². The van der Waals surface area contributed by atoms with Gasteiger partial charge in [-0.15, -0.1) is 0 Å². The summed E-state index contributed by atoms with van der Waals surface area (Å²) < 4.78 is 10.2. The summed E-state index contributed by atoms with van der Waals surface area (Å²) in [5.74, 6) is -0.418. The second-order valence-electron chi connectivity index (χ2n) is 4.14. The van der Waals surface area contributed by atoms with E-state index in [2.05, 4.69) is 5.32 Å². The van der Waals surface area contributed by atoms with E-state index in [1.165, 1.54) is 0 Å². The fourth-order valence-electron chi connectivity index (χ4n) is 1.86. The Hall–Kier alpha value is -1.30. The minimum atomic E-state index is -0.418. The van der Waals surface area contributed by atoms with Gasteiger partial charge in [-0.3, -0.25) is 4.79 Å². The number of likely N-dealkylation sites (N-methyl/N-ethyl adjacent to an activating group) is 1. The van der Waals surface area contributed by atoms with Gasteiger partial charge < -0.3 is 19.7 Å². The van der Waals surface area contributed by atoms with E-state index in [0.717, 1.165) is 19.4 Å². The number of ether oxygens (including phenoxy) is 2. The average Bonchev–Trinajstić information content (AvgIpc) is 2.86. The molecule has 0 aliphatic carbocycles. The third kappa shape index (κ3) is 4.91. The predicted molar refractivity (Wildman–Crippen MR) is 66.3 cm³/mol. The maximum atomic E-state index is 11.8. The first kappa shape index (κ1) is 14.8. The van der Waals surface area contributed by atoms with E-state index < -0.39 is 5.97 Å². The number of nitrogens with one attached hydrogen (secondary N) is 1. The second-order valence-corrected chi connectivity index (χ2v) is 4.14. The molecule has 1 atom stereocenters. The molecule has 0 aromatic rings. The minimum absolute atomic E-state index is 0.0886. The molecule has 1 fully saturated rings. The monoisotopic (exact) mass is 258 g/mol. The van der Waals surface area contributed by atoms with Gasteiger partial charge in [-0.25, -0.2) is 4.79 Å². The lowest BCUT2D eigenvalue weighted by Crippen LogP contribution is -2.45. The molecular weight excluding hydrogens is 236 g/mol. The third-order valence-corrected chi connectivity index (χ3v) is 2.81. The van der Waals surface area contributed by atoms with Crippen LogP contribution >= 0.6 is 0 Å². The molecule has 6 heteroatoms. The van der Waals surface area contributed by atoms with Gasteiger partial charge in [-0.2, -0.15) is 0 Å². The van der Waals surface area contributed by atoms with Crippen molar-refractivity contribution in [3.05, 3.63) is 0 Å². The highest BCUT2D eigenvalue weighted by Gasteiger charge is 2.21. The lowest BCUT2D eigenvalue weighted by molar-refractivity contribution is -0.141. The Bertz CT molecular complexity index is 277. The first-order chi connectivity index (χ1) is 8.67. The van der Waals surface area contributed by atoms with Crippen LogP contribution in [0.15, 0.2) is 0 Å². The van der Waals surface area contributed by atoms with E-state index >= 15 is 0 Å². The fraction of sp³-hybridized carbons (Fsp3) is 0.833. The molecule has 104 valence electrons. The van der Waals surface area contributed by atoms with Gasteiger partial charge in [0.15, 0.2) is 0 Å². The molecule has 0 radical (unpaired) electrons. The first-order valence-electron chi connectivity index (χ1n) is 6.47. The summed E-state index contributed by atoms with van der Waals surface area (Å²) in [6, 6.07) is -0.249. The lowest BCUT2D eigenvalue weighted by atomic mass is 10.2. The van der Waals surface area contributed by atoms with E-state index in [1.807, 2.05) is 6.92 Å². The molecule has 0 saturated carbocycles. The Balaban J connectivity index is 2.29. The molecule has 1 aliphatic rings. The van der Waals surface area contributed by atoms with Crippen LogP contribution < -0.4 is 5.32 Å². The molecule has 1 rings (SSSR count). The number of hydrogen-bond acceptors (Lipinski definition) is 4.